The number of alkyl halides is 3. The number of benzene rings is 1. The van der Waals surface area contributed by atoms with Gasteiger partial charge in [0.2, 0.25) is 0 Å². The summed E-state index contributed by atoms with van der Waals surface area (Å²) < 4.78 is 38.6. The number of aromatic nitrogens is 1. The Labute approximate surface area is 126 Å². The topological polar surface area (TPSA) is 16.1 Å². The van der Waals surface area contributed by atoms with Crippen molar-refractivity contribution < 1.29 is 13.2 Å². The number of hydrogen-bond donors (Lipinski definition) is 0. The van der Waals surface area contributed by atoms with Gasteiger partial charge >= 0.3 is 6.18 Å². The van der Waals surface area contributed by atoms with Gasteiger partial charge in [-0.2, -0.15) is 13.2 Å². The molecule has 1 aromatic carbocycles. The Morgan fingerprint density at radius 3 is 2.48 bits per heavy atom. The Hall–Kier alpha value is -1.75. The molecule has 0 radical (unpaired) electrons. The van der Waals surface area contributed by atoms with Crippen molar-refractivity contribution in [2.75, 3.05) is 11.4 Å². The first-order valence-corrected chi connectivity index (χ1v) is 6.78. The second-order valence-corrected chi connectivity index (χ2v) is 5.01. The van der Waals surface area contributed by atoms with Crippen LogP contribution in [0.2, 0.25) is 5.15 Å². The first kappa shape index (κ1) is 15.6. The van der Waals surface area contributed by atoms with Crippen molar-refractivity contribution in [2.24, 2.45) is 0 Å². The first-order chi connectivity index (χ1) is 9.81. The fourth-order valence-electron chi connectivity index (χ4n) is 2.06. The zero-order chi connectivity index (χ0) is 15.6. The minimum Gasteiger partial charge on any atom is -0.327 e. The van der Waals surface area contributed by atoms with Gasteiger partial charge in [-0.15, -0.1) is 0 Å². The number of halogens is 4. The number of rotatable bonds is 3. The van der Waals surface area contributed by atoms with Crippen LogP contribution in [0.15, 0.2) is 36.4 Å². The lowest BCUT2D eigenvalue weighted by Gasteiger charge is -2.23. The van der Waals surface area contributed by atoms with Crippen LogP contribution in [-0.4, -0.2) is 11.5 Å². The van der Waals surface area contributed by atoms with Crippen LogP contribution in [0.25, 0.3) is 0 Å². The summed E-state index contributed by atoms with van der Waals surface area (Å²) in [4.78, 5) is 5.70. The van der Waals surface area contributed by atoms with E-state index in [1.807, 2.05) is 38.1 Å². The highest BCUT2D eigenvalue weighted by Crippen LogP contribution is 2.34. The van der Waals surface area contributed by atoms with E-state index in [-0.39, 0.29) is 11.0 Å². The van der Waals surface area contributed by atoms with Gasteiger partial charge in [-0.05, 0) is 43.7 Å². The molecule has 2 rings (SSSR count). The minimum atomic E-state index is -4.45. The number of pyridine rings is 1. The van der Waals surface area contributed by atoms with Gasteiger partial charge in [-0.25, -0.2) is 4.98 Å². The third-order valence-corrected chi connectivity index (χ3v) is 3.21. The van der Waals surface area contributed by atoms with Gasteiger partial charge in [0, 0.05) is 12.2 Å². The maximum absolute atomic E-state index is 12.9. The van der Waals surface area contributed by atoms with Crippen molar-refractivity contribution >= 4 is 23.1 Å². The standard InChI is InChI=1S/C15H14ClF3N2/c1-3-21(12-6-4-5-10(2)7-12)14-9-11(15(17,18)19)8-13(16)20-14/h4-9H,3H2,1-2H3. The number of aryl methyl sites for hydroxylation is 1. The summed E-state index contributed by atoms with van der Waals surface area (Å²) >= 11 is 5.74. The maximum Gasteiger partial charge on any atom is 0.416 e. The SMILES string of the molecule is CCN(c1cccc(C)c1)c1cc(C(F)(F)F)cc(Cl)n1. The molecule has 0 amide bonds. The fraction of sp³-hybridized carbons (Fsp3) is 0.267. The molecule has 0 spiro atoms. The number of hydrogen-bond acceptors (Lipinski definition) is 2. The van der Waals surface area contributed by atoms with Crippen LogP contribution in [-0.2, 0) is 6.18 Å². The summed E-state index contributed by atoms with van der Waals surface area (Å²) in [5.74, 6) is 0.183. The third kappa shape index (κ3) is 3.67. The Morgan fingerprint density at radius 2 is 1.90 bits per heavy atom. The second kappa shape index (κ2) is 5.93. The summed E-state index contributed by atoms with van der Waals surface area (Å²) in [7, 11) is 0. The molecular weight excluding hydrogens is 301 g/mol. The van der Waals surface area contributed by atoms with Gasteiger partial charge < -0.3 is 4.90 Å². The van der Waals surface area contributed by atoms with Crippen LogP contribution in [0.3, 0.4) is 0 Å². The van der Waals surface area contributed by atoms with Gasteiger partial charge in [-0.1, -0.05) is 23.7 Å². The summed E-state index contributed by atoms with van der Waals surface area (Å²) in [6.07, 6.45) is -4.45. The molecule has 21 heavy (non-hydrogen) atoms. The molecule has 0 aliphatic rings. The lowest BCUT2D eigenvalue weighted by atomic mass is 10.2. The van der Waals surface area contributed by atoms with Gasteiger partial charge in [0.25, 0.3) is 0 Å². The van der Waals surface area contributed by atoms with Crippen molar-refractivity contribution in [3.05, 3.63) is 52.7 Å². The van der Waals surface area contributed by atoms with E-state index in [4.69, 9.17) is 11.6 Å². The first-order valence-electron chi connectivity index (χ1n) is 6.40. The molecule has 0 N–H and O–H groups in total. The van der Waals surface area contributed by atoms with E-state index in [1.54, 1.807) is 4.90 Å². The molecule has 0 aliphatic carbocycles. The van der Waals surface area contributed by atoms with Gasteiger partial charge in [0.15, 0.2) is 0 Å². The molecule has 0 saturated heterocycles. The molecule has 0 bridgehead atoms. The van der Waals surface area contributed by atoms with E-state index >= 15 is 0 Å². The number of anilines is 2. The van der Waals surface area contributed by atoms with E-state index in [0.29, 0.717) is 6.54 Å². The minimum absolute atomic E-state index is 0.175. The van der Waals surface area contributed by atoms with E-state index in [9.17, 15) is 13.2 Å². The number of nitrogens with zero attached hydrogens (tertiary/aromatic N) is 2. The lowest BCUT2D eigenvalue weighted by Crippen LogP contribution is -2.18. The van der Waals surface area contributed by atoms with Crippen molar-refractivity contribution in [1.82, 2.24) is 4.98 Å². The molecular formula is C15H14ClF3N2. The highest BCUT2D eigenvalue weighted by molar-refractivity contribution is 6.29. The Kier molecular flexibility index (Phi) is 4.42. The average molecular weight is 315 g/mol. The van der Waals surface area contributed by atoms with Crippen LogP contribution >= 0.6 is 11.6 Å². The Balaban J connectivity index is 2.50. The van der Waals surface area contributed by atoms with Crippen molar-refractivity contribution in [3.8, 4) is 0 Å². The van der Waals surface area contributed by atoms with Crippen LogP contribution < -0.4 is 4.90 Å². The lowest BCUT2D eigenvalue weighted by molar-refractivity contribution is -0.137. The predicted molar refractivity (Wildman–Crippen MR) is 78.1 cm³/mol. The Morgan fingerprint density at radius 1 is 1.19 bits per heavy atom. The van der Waals surface area contributed by atoms with E-state index < -0.39 is 11.7 Å². The van der Waals surface area contributed by atoms with Gasteiger partial charge in [0.05, 0.1) is 5.56 Å². The van der Waals surface area contributed by atoms with E-state index in [0.717, 1.165) is 23.4 Å². The van der Waals surface area contributed by atoms with Gasteiger partial charge in [-0.3, -0.25) is 0 Å². The second-order valence-electron chi connectivity index (χ2n) is 4.62. The summed E-state index contributed by atoms with van der Waals surface area (Å²) in [5, 5.41) is -0.175. The molecule has 0 aliphatic heterocycles. The highest BCUT2D eigenvalue weighted by atomic mass is 35.5. The molecule has 0 saturated carbocycles. The maximum atomic E-state index is 12.9. The molecule has 1 heterocycles. The molecule has 0 unspecified atom stereocenters. The normalized spacial score (nSPS) is 11.5. The average Bonchev–Trinajstić information content (AvgIpc) is 2.38. The zero-order valence-corrected chi connectivity index (χ0v) is 12.3. The monoisotopic (exact) mass is 314 g/mol. The smallest absolute Gasteiger partial charge is 0.327 e. The van der Waals surface area contributed by atoms with E-state index in [1.165, 1.54) is 0 Å². The Bertz CT molecular complexity index is 641. The van der Waals surface area contributed by atoms with Gasteiger partial charge in [0.1, 0.15) is 11.0 Å². The fourth-order valence-corrected chi connectivity index (χ4v) is 2.26. The third-order valence-electron chi connectivity index (χ3n) is 3.01. The van der Waals surface area contributed by atoms with Crippen LogP contribution in [0, 0.1) is 6.92 Å². The molecule has 2 nitrogen and oxygen atoms in total. The zero-order valence-electron chi connectivity index (χ0n) is 11.6. The molecule has 6 heteroatoms. The summed E-state index contributed by atoms with van der Waals surface area (Å²) in [5.41, 5.74) is 0.994. The quantitative estimate of drug-likeness (QED) is 0.722. The van der Waals surface area contributed by atoms with E-state index in [2.05, 4.69) is 4.98 Å². The predicted octanol–water partition coefficient (Wildman–Crippen LogP) is 5.22. The highest BCUT2D eigenvalue weighted by Gasteiger charge is 2.32. The molecule has 1 aromatic heterocycles. The molecule has 0 atom stereocenters. The van der Waals surface area contributed by atoms with Crippen molar-refractivity contribution in [1.29, 1.82) is 0 Å². The molecule has 112 valence electrons. The summed E-state index contributed by atoms with van der Waals surface area (Å²) in [6, 6.07) is 9.32. The van der Waals surface area contributed by atoms with Crippen molar-refractivity contribution in [3.63, 3.8) is 0 Å². The molecule has 2 aromatic rings. The largest absolute Gasteiger partial charge is 0.416 e. The summed E-state index contributed by atoms with van der Waals surface area (Å²) in [6.45, 7) is 4.25. The van der Waals surface area contributed by atoms with Crippen LogP contribution in [0.1, 0.15) is 18.1 Å². The molecule has 0 fully saturated rings. The van der Waals surface area contributed by atoms with Crippen LogP contribution in [0.4, 0.5) is 24.7 Å². The van der Waals surface area contributed by atoms with Crippen molar-refractivity contribution in [2.45, 2.75) is 20.0 Å². The van der Waals surface area contributed by atoms with Crippen LogP contribution in [0.5, 0.6) is 0 Å².